The van der Waals surface area contributed by atoms with Crippen molar-refractivity contribution in [2.24, 2.45) is 0 Å². The molecule has 92 valence electrons. The lowest BCUT2D eigenvalue weighted by Crippen LogP contribution is -2.33. The fourth-order valence-corrected chi connectivity index (χ4v) is 1.90. The van der Waals surface area contributed by atoms with Crippen LogP contribution in [0, 0.1) is 0 Å². The minimum Gasteiger partial charge on any atom is -0.489 e. The molecule has 1 aromatic rings. The quantitative estimate of drug-likeness (QED) is 0.843. The lowest BCUT2D eigenvalue weighted by Gasteiger charge is -2.26. The summed E-state index contributed by atoms with van der Waals surface area (Å²) in [7, 11) is 0. The molecule has 1 N–H and O–H groups in total. The van der Waals surface area contributed by atoms with Gasteiger partial charge in [-0.3, -0.25) is 4.79 Å². The second-order valence-electron chi connectivity index (χ2n) is 3.80. The Morgan fingerprint density at radius 1 is 1.65 bits per heavy atom. The number of anilines is 1. The fourth-order valence-electron chi connectivity index (χ4n) is 1.72. The molecule has 4 nitrogen and oxygen atoms in total. The highest BCUT2D eigenvalue weighted by Crippen LogP contribution is 2.31. The Labute approximate surface area is 105 Å². The topological polar surface area (TPSA) is 47.6 Å². The first-order valence-corrected chi connectivity index (χ1v) is 5.91. The molecule has 1 unspecified atom stereocenters. The maximum Gasteiger partial charge on any atom is 0.307 e. The second-order valence-corrected chi connectivity index (χ2v) is 4.24. The molecule has 1 aliphatic heterocycles. The summed E-state index contributed by atoms with van der Waals surface area (Å²) in [6, 6.07) is 5.30. The molecule has 0 spiro atoms. The maximum absolute atomic E-state index is 11.3. The number of nitrogens with one attached hydrogen (secondary N) is 1. The zero-order chi connectivity index (χ0) is 12.3. The Kier molecular flexibility index (Phi) is 3.74. The van der Waals surface area contributed by atoms with E-state index in [1.54, 1.807) is 19.1 Å². The minimum atomic E-state index is -0.223. The predicted molar refractivity (Wildman–Crippen MR) is 65.6 cm³/mol. The highest BCUT2D eigenvalue weighted by Gasteiger charge is 2.21. The fraction of sp³-hybridized carbons (Fsp3) is 0.417. The number of ether oxygens (including phenoxy) is 2. The summed E-state index contributed by atoms with van der Waals surface area (Å²) in [6.07, 6.45) is 0.291. The van der Waals surface area contributed by atoms with Crippen molar-refractivity contribution in [1.82, 2.24) is 0 Å². The van der Waals surface area contributed by atoms with Crippen LogP contribution in [0.1, 0.15) is 13.3 Å². The summed E-state index contributed by atoms with van der Waals surface area (Å²) in [5, 5.41) is 3.85. The molecule has 1 aromatic carbocycles. The first kappa shape index (κ1) is 12.0. The standard InChI is InChI=1S/C12H14ClNO3/c1-2-16-12(15)6-9-7-17-11-4-3-8(13)5-10(11)14-9/h3-5,9,14H,2,6-7H2,1H3. The minimum absolute atomic E-state index is 0.0694. The molecule has 0 saturated carbocycles. The van der Waals surface area contributed by atoms with Crippen molar-refractivity contribution in [3.05, 3.63) is 23.2 Å². The zero-order valence-electron chi connectivity index (χ0n) is 9.53. The Morgan fingerprint density at radius 3 is 3.24 bits per heavy atom. The van der Waals surface area contributed by atoms with Crippen molar-refractivity contribution in [2.45, 2.75) is 19.4 Å². The zero-order valence-corrected chi connectivity index (χ0v) is 10.3. The third-order valence-corrected chi connectivity index (χ3v) is 2.69. The number of rotatable bonds is 3. The molecule has 17 heavy (non-hydrogen) atoms. The van der Waals surface area contributed by atoms with Crippen LogP contribution in [-0.2, 0) is 9.53 Å². The van der Waals surface area contributed by atoms with E-state index in [1.165, 1.54) is 0 Å². The molecule has 0 aliphatic carbocycles. The highest BCUT2D eigenvalue weighted by atomic mass is 35.5. The molecular formula is C12H14ClNO3. The van der Waals surface area contributed by atoms with Crippen LogP contribution in [0.2, 0.25) is 5.02 Å². The van der Waals surface area contributed by atoms with Crippen molar-refractivity contribution in [3.63, 3.8) is 0 Å². The molecule has 1 heterocycles. The average Bonchev–Trinajstić information content (AvgIpc) is 2.28. The number of hydrogen-bond donors (Lipinski definition) is 1. The number of benzene rings is 1. The van der Waals surface area contributed by atoms with Crippen molar-refractivity contribution in [3.8, 4) is 5.75 Å². The molecule has 1 atom stereocenters. The van der Waals surface area contributed by atoms with Gasteiger partial charge in [0.05, 0.1) is 24.8 Å². The van der Waals surface area contributed by atoms with Gasteiger partial charge in [-0.25, -0.2) is 0 Å². The van der Waals surface area contributed by atoms with Gasteiger partial charge in [0, 0.05) is 5.02 Å². The summed E-state index contributed by atoms with van der Waals surface area (Å²) < 4.78 is 10.4. The first-order valence-electron chi connectivity index (χ1n) is 5.53. The third kappa shape index (κ3) is 3.03. The number of carbonyl (C=O) groups is 1. The van der Waals surface area contributed by atoms with E-state index in [0.29, 0.717) is 24.7 Å². The smallest absolute Gasteiger partial charge is 0.307 e. The molecule has 0 saturated heterocycles. The Hall–Kier alpha value is -1.42. The van der Waals surface area contributed by atoms with Crippen LogP contribution >= 0.6 is 11.6 Å². The van der Waals surface area contributed by atoms with E-state index in [2.05, 4.69) is 5.32 Å². The summed E-state index contributed by atoms with van der Waals surface area (Å²) in [5.74, 6) is 0.536. The number of fused-ring (bicyclic) bond motifs is 1. The number of halogens is 1. The van der Waals surface area contributed by atoms with Gasteiger partial charge in [0.25, 0.3) is 0 Å². The summed E-state index contributed by atoms with van der Waals surface area (Å²) in [5.41, 5.74) is 0.818. The van der Waals surface area contributed by atoms with Crippen LogP contribution in [0.25, 0.3) is 0 Å². The Morgan fingerprint density at radius 2 is 2.47 bits per heavy atom. The number of hydrogen-bond acceptors (Lipinski definition) is 4. The number of esters is 1. The van der Waals surface area contributed by atoms with Gasteiger partial charge >= 0.3 is 5.97 Å². The molecular weight excluding hydrogens is 242 g/mol. The van der Waals surface area contributed by atoms with E-state index >= 15 is 0 Å². The van der Waals surface area contributed by atoms with Gasteiger partial charge in [-0.15, -0.1) is 0 Å². The van der Waals surface area contributed by atoms with Crippen LogP contribution in [0.15, 0.2) is 18.2 Å². The Bertz CT molecular complexity index is 422. The molecule has 0 radical (unpaired) electrons. The summed E-state index contributed by atoms with van der Waals surface area (Å²) >= 11 is 5.89. The first-order chi connectivity index (χ1) is 8.19. The van der Waals surface area contributed by atoms with Gasteiger partial charge in [0.2, 0.25) is 0 Å². The van der Waals surface area contributed by atoms with Gasteiger partial charge in [0.1, 0.15) is 12.4 Å². The predicted octanol–water partition coefficient (Wildman–Crippen LogP) is 2.47. The molecule has 0 aromatic heterocycles. The maximum atomic E-state index is 11.3. The van der Waals surface area contributed by atoms with Crippen molar-refractivity contribution in [1.29, 1.82) is 0 Å². The molecule has 0 fully saturated rings. The largest absolute Gasteiger partial charge is 0.489 e. The van der Waals surface area contributed by atoms with Crippen LogP contribution < -0.4 is 10.1 Å². The van der Waals surface area contributed by atoms with Gasteiger partial charge in [-0.1, -0.05) is 11.6 Å². The van der Waals surface area contributed by atoms with E-state index in [-0.39, 0.29) is 12.0 Å². The molecule has 5 heteroatoms. The monoisotopic (exact) mass is 255 g/mol. The van der Waals surface area contributed by atoms with Crippen molar-refractivity contribution >= 4 is 23.3 Å². The third-order valence-electron chi connectivity index (χ3n) is 2.46. The lowest BCUT2D eigenvalue weighted by molar-refractivity contribution is -0.143. The summed E-state index contributed by atoms with van der Waals surface area (Å²) in [6.45, 7) is 2.64. The van der Waals surface area contributed by atoms with Crippen molar-refractivity contribution in [2.75, 3.05) is 18.5 Å². The van der Waals surface area contributed by atoms with Crippen LogP contribution in [0.3, 0.4) is 0 Å². The molecule has 0 bridgehead atoms. The van der Waals surface area contributed by atoms with Gasteiger partial charge in [-0.05, 0) is 25.1 Å². The Balaban J connectivity index is 2.00. The van der Waals surface area contributed by atoms with Gasteiger partial charge < -0.3 is 14.8 Å². The SMILES string of the molecule is CCOC(=O)CC1COc2ccc(Cl)cc2N1. The second kappa shape index (κ2) is 5.27. The van der Waals surface area contributed by atoms with Crippen LogP contribution in [-0.4, -0.2) is 25.2 Å². The van der Waals surface area contributed by atoms with Gasteiger partial charge in [-0.2, -0.15) is 0 Å². The van der Waals surface area contributed by atoms with E-state index in [4.69, 9.17) is 21.1 Å². The number of carbonyl (C=O) groups excluding carboxylic acids is 1. The van der Waals surface area contributed by atoms with Crippen LogP contribution in [0.5, 0.6) is 5.75 Å². The van der Waals surface area contributed by atoms with E-state index < -0.39 is 0 Å². The van der Waals surface area contributed by atoms with E-state index in [0.717, 1.165) is 11.4 Å². The molecule has 2 rings (SSSR count). The van der Waals surface area contributed by atoms with Crippen LogP contribution in [0.4, 0.5) is 5.69 Å². The van der Waals surface area contributed by atoms with E-state index in [1.807, 2.05) is 6.07 Å². The lowest BCUT2D eigenvalue weighted by atomic mass is 10.1. The van der Waals surface area contributed by atoms with Crippen molar-refractivity contribution < 1.29 is 14.3 Å². The molecule has 1 aliphatic rings. The molecule has 0 amide bonds. The highest BCUT2D eigenvalue weighted by molar-refractivity contribution is 6.30. The average molecular weight is 256 g/mol. The summed E-state index contributed by atoms with van der Waals surface area (Å²) in [4.78, 5) is 11.3. The normalized spacial score (nSPS) is 17.6. The van der Waals surface area contributed by atoms with E-state index in [9.17, 15) is 4.79 Å². The van der Waals surface area contributed by atoms with Gasteiger partial charge in [0.15, 0.2) is 0 Å².